The first-order chi connectivity index (χ1) is 23.0. The minimum atomic E-state index is -2.28. The van der Waals surface area contributed by atoms with Crippen molar-refractivity contribution in [1.82, 2.24) is 5.32 Å². The number of hydrogen-bond donors (Lipinski definition) is 1. The van der Waals surface area contributed by atoms with E-state index in [1.54, 1.807) is 0 Å². The van der Waals surface area contributed by atoms with Gasteiger partial charge < -0.3 is 19.2 Å². The summed E-state index contributed by atoms with van der Waals surface area (Å²) in [5, 5.41) is 3.75. The normalized spacial score (nSPS) is 15.2. The zero-order valence-corrected chi connectivity index (χ0v) is 32.2. The molecule has 0 spiro atoms. The Kier molecular flexibility index (Phi) is 12.5. The van der Waals surface area contributed by atoms with Crippen molar-refractivity contribution in [3.63, 3.8) is 0 Å². The Morgan fingerprint density at radius 2 is 1.06 bits per heavy atom. The van der Waals surface area contributed by atoms with Crippen molar-refractivity contribution in [3.05, 3.63) is 144 Å². The molecule has 0 unspecified atom stereocenters. The summed E-state index contributed by atoms with van der Waals surface area (Å²) in [4.78, 5) is 14.5. The molecule has 4 aromatic rings. The predicted octanol–water partition coefficient (Wildman–Crippen LogP) is 9.91. The van der Waals surface area contributed by atoms with Crippen LogP contribution in [-0.2, 0) is 30.8 Å². The number of benzene rings is 4. The van der Waals surface area contributed by atoms with Gasteiger partial charge in [0.1, 0.15) is 11.2 Å². The third-order valence-corrected chi connectivity index (χ3v) is 14.2. The summed E-state index contributed by atoms with van der Waals surface area (Å²) >= 11 is 0. The Bertz CT molecular complexity index is 1480. The highest BCUT2D eigenvalue weighted by Gasteiger charge is 2.48. The van der Waals surface area contributed by atoms with Gasteiger partial charge in [0.15, 0.2) is 8.32 Å². The molecule has 4 aromatic carbocycles. The van der Waals surface area contributed by atoms with Crippen LogP contribution >= 0.6 is 0 Å². The van der Waals surface area contributed by atoms with Gasteiger partial charge in [0.2, 0.25) is 0 Å². The van der Waals surface area contributed by atoms with Gasteiger partial charge in [-0.05, 0) is 75.0 Å². The van der Waals surface area contributed by atoms with Crippen LogP contribution in [0.15, 0.2) is 121 Å². The lowest BCUT2D eigenvalue weighted by Crippen LogP contribution is -2.57. The predicted molar refractivity (Wildman–Crippen MR) is 204 cm³/mol. The van der Waals surface area contributed by atoms with E-state index in [-0.39, 0.29) is 11.0 Å². The number of carbonyl (C=O) groups excluding carboxylic acids is 1. The molecular weight excluding hydrogens is 623 g/mol. The first-order valence-corrected chi connectivity index (χ1v) is 20.5. The van der Waals surface area contributed by atoms with Crippen LogP contribution in [0.2, 0.25) is 18.1 Å². The SMILES string of the molecule is C[C@H](OC(c1ccccc1)(c1ccccc1)c1ccccc1)[C@@H](NCc1ccccc1)[C@H](C(=O)OC(C)(C)C)[C@@H](C)O[Si](C)(C)C(C)(C)C. The Labute approximate surface area is 296 Å². The number of esters is 1. The third-order valence-electron chi connectivity index (χ3n) is 9.65. The second-order valence-electron chi connectivity index (χ2n) is 15.6. The molecule has 5 nitrogen and oxygen atoms in total. The largest absolute Gasteiger partial charge is 0.460 e. The molecule has 0 saturated carbocycles. The second kappa shape index (κ2) is 16.0. The van der Waals surface area contributed by atoms with E-state index in [0.717, 1.165) is 22.3 Å². The molecule has 0 amide bonds. The number of rotatable bonds is 14. The molecule has 6 heteroatoms. The Balaban J connectivity index is 1.90. The van der Waals surface area contributed by atoms with Gasteiger partial charge in [0, 0.05) is 12.6 Å². The molecule has 1 N–H and O–H groups in total. The van der Waals surface area contributed by atoms with Crippen LogP contribution in [0.5, 0.6) is 0 Å². The first-order valence-electron chi connectivity index (χ1n) is 17.6. The van der Waals surface area contributed by atoms with Crippen molar-refractivity contribution in [2.45, 2.75) is 110 Å². The van der Waals surface area contributed by atoms with Crippen molar-refractivity contribution in [1.29, 1.82) is 0 Å². The van der Waals surface area contributed by atoms with Crippen LogP contribution in [0.25, 0.3) is 0 Å². The Hall–Kier alpha value is -3.55. The summed E-state index contributed by atoms with van der Waals surface area (Å²) in [7, 11) is -2.28. The van der Waals surface area contributed by atoms with Crippen molar-refractivity contribution in [3.8, 4) is 0 Å². The topological polar surface area (TPSA) is 56.8 Å². The van der Waals surface area contributed by atoms with Crippen molar-refractivity contribution in [2.75, 3.05) is 0 Å². The zero-order valence-electron chi connectivity index (χ0n) is 31.2. The molecule has 4 rings (SSSR count). The summed E-state index contributed by atoms with van der Waals surface area (Å²) < 4.78 is 20.7. The highest BCUT2D eigenvalue weighted by molar-refractivity contribution is 6.74. The van der Waals surface area contributed by atoms with E-state index in [9.17, 15) is 4.79 Å². The third kappa shape index (κ3) is 9.58. The van der Waals surface area contributed by atoms with Gasteiger partial charge in [0.05, 0.1) is 18.1 Å². The molecule has 0 aliphatic rings. The molecular formula is C43H57NO4Si. The molecule has 0 bridgehead atoms. The lowest BCUT2D eigenvalue weighted by Gasteiger charge is -2.45. The Morgan fingerprint density at radius 3 is 1.45 bits per heavy atom. The molecule has 0 heterocycles. The van der Waals surface area contributed by atoms with Gasteiger partial charge in [0.25, 0.3) is 0 Å². The second-order valence-corrected chi connectivity index (χ2v) is 20.4. The highest BCUT2D eigenvalue weighted by atomic mass is 28.4. The first kappa shape index (κ1) is 38.3. The van der Waals surface area contributed by atoms with Crippen LogP contribution in [0, 0.1) is 5.92 Å². The smallest absolute Gasteiger partial charge is 0.313 e. The summed E-state index contributed by atoms with van der Waals surface area (Å²) in [6.45, 7) is 21.5. The minimum absolute atomic E-state index is 0.0437. The van der Waals surface area contributed by atoms with Crippen molar-refractivity contribution >= 4 is 14.3 Å². The van der Waals surface area contributed by atoms with E-state index in [0.29, 0.717) is 6.54 Å². The van der Waals surface area contributed by atoms with E-state index in [1.165, 1.54) is 0 Å². The molecule has 4 atom stereocenters. The van der Waals surface area contributed by atoms with Gasteiger partial charge in [-0.3, -0.25) is 4.79 Å². The Morgan fingerprint density at radius 1 is 0.653 bits per heavy atom. The van der Waals surface area contributed by atoms with Crippen LogP contribution in [0.4, 0.5) is 0 Å². The van der Waals surface area contributed by atoms with Crippen molar-refractivity contribution < 1.29 is 18.7 Å². The van der Waals surface area contributed by atoms with Crippen LogP contribution in [0.1, 0.15) is 77.6 Å². The summed E-state index contributed by atoms with van der Waals surface area (Å²) in [5.74, 6) is -0.975. The summed E-state index contributed by atoms with van der Waals surface area (Å²) in [6.07, 6.45) is -0.943. The zero-order chi connectivity index (χ0) is 35.9. The maximum absolute atomic E-state index is 14.5. The van der Waals surface area contributed by atoms with Gasteiger partial charge in [-0.1, -0.05) is 142 Å². The minimum Gasteiger partial charge on any atom is -0.460 e. The van der Waals surface area contributed by atoms with Gasteiger partial charge >= 0.3 is 5.97 Å². The molecule has 49 heavy (non-hydrogen) atoms. The maximum Gasteiger partial charge on any atom is 0.313 e. The molecule has 0 radical (unpaired) electrons. The lowest BCUT2D eigenvalue weighted by molar-refractivity contribution is -0.168. The fourth-order valence-corrected chi connectivity index (χ4v) is 7.64. The quantitative estimate of drug-likeness (QED) is 0.0817. The fraction of sp³-hybridized carbons (Fsp3) is 0.419. The van der Waals surface area contributed by atoms with Crippen molar-refractivity contribution in [2.24, 2.45) is 5.92 Å². The van der Waals surface area contributed by atoms with E-state index >= 15 is 0 Å². The van der Waals surface area contributed by atoms with E-state index in [1.807, 2.05) is 100 Å². The van der Waals surface area contributed by atoms with E-state index in [2.05, 4.69) is 94.6 Å². The van der Waals surface area contributed by atoms with Crippen LogP contribution < -0.4 is 5.32 Å². The number of carbonyl (C=O) groups is 1. The van der Waals surface area contributed by atoms with Crippen LogP contribution in [-0.4, -0.2) is 38.1 Å². The standard InChI is InChI=1S/C43H57NO4Si/c1-32(48-49(9,10)42(6,7)8)38(40(45)47-41(3,4)5)39(44-31-34-23-15-11-16-24-34)33(2)46-43(35-25-17-12-18-26-35,36-27-19-13-20-28-36)37-29-21-14-22-30-37/h11-30,32-33,38-39,44H,31H2,1-10H3/t32-,33+,38-,39-/m1/s1. The summed E-state index contributed by atoms with van der Waals surface area (Å²) in [6, 6.07) is 40.9. The number of ether oxygens (including phenoxy) is 2. The lowest BCUT2D eigenvalue weighted by atomic mass is 9.79. The van der Waals surface area contributed by atoms with Gasteiger partial charge in [-0.25, -0.2) is 0 Å². The molecule has 0 aliphatic heterocycles. The number of nitrogens with one attached hydrogen (secondary N) is 1. The average Bonchev–Trinajstić information content (AvgIpc) is 3.05. The molecule has 0 aliphatic carbocycles. The summed E-state index contributed by atoms with van der Waals surface area (Å²) in [5.41, 5.74) is 2.46. The maximum atomic E-state index is 14.5. The van der Waals surface area contributed by atoms with E-state index < -0.39 is 43.7 Å². The molecule has 262 valence electrons. The number of hydrogen-bond acceptors (Lipinski definition) is 5. The molecule has 0 saturated heterocycles. The monoisotopic (exact) mass is 679 g/mol. The van der Waals surface area contributed by atoms with E-state index in [4.69, 9.17) is 13.9 Å². The van der Waals surface area contributed by atoms with Gasteiger partial charge in [-0.2, -0.15) is 0 Å². The van der Waals surface area contributed by atoms with Crippen LogP contribution in [0.3, 0.4) is 0 Å². The highest BCUT2D eigenvalue weighted by Crippen LogP contribution is 2.43. The molecule has 0 fully saturated rings. The van der Waals surface area contributed by atoms with Gasteiger partial charge in [-0.15, -0.1) is 0 Å². The average molecular weight is 680 g/mol. The molecule has 0 aromatic heterocycles. The fourth-order valence-electron chi connectivity index (χ4n) is 6.21.